The van der Waals surface area contributed by atoms with Crippen molar-refractivity contribution < 1.29 is 37.9 Å². The third-order valence-electron chi connectivity index (χ3n) is 9.55. The summed E-state index contributed by atoms with van der Waals surface area (Å²) in [6.45, 7) is 2.84. The lowest BCUT2D eigenvalue weighted by Crippen LogP contribution is -2.67. The molecule has 3 unspecified atom stereocenters. The van der Waals surface area contributed by atoms with Gasteiger partial charge in [0.25, 0.3) is 0 Å². The number of hydrogen-bond donors (Lipinski definition) is 1. The number of aliphatic hydroxyl groups excluding tert-OH is 1. The van der Waals surface area contributed by atoms with Crippen LogP contribution in [0.15, 0.2) is 133 Å². The third kappa shape index (κ3) is 7.62. The van der Waals surface area contributed by atoms with Crippen LogP contribution in [0.25, 0.3) is 0 Å². The van der Waals surface area contributed by atoms with Crippen LogP contribution in [0.2, 0.25) is 0 Å². The van der Waals surface area contributed by atoms with Crippen molar-refractivity contribution in [3.63, 3.8) is 0 Å². The minimum absolute atomic E-state index is 0.00491. The van der Waals surface area contributed by atoms with E-state index in [0.717, 1.165) is 28.0 Å². The number of halogens is 1. The first-order valence-corrected chi connectivity index (χ1v) is 17.4. The smallest absolute Gasteiger partial charge is 0.225 e. The SMILES string of the molecule is CCOc1ccc(Cc2cc(C34OCC(CO)(O3)[C@@H](OCc3ccccc3)[C@H](OCc3ccccc3)C4OCc3ccccc3)ccc2F)cc1. The molecule has 2 heterocycles. The monoisotopic (exact) mass is 690 g/mol. The number of benzene rings is 5. The normalized spacial score (nSPS) is 24.0. The van der Waals surface area contributed by atoms with E-state index in [0.29, 0.717) is 24.2 Å². The van der Waals surface area contributed by atoms with Crippen LogP contribution in [0.4, 0.5) is 4.39 Å². The van der Waals surface area contributed by atoms with Crippen LogP contribution in [0.5, 0.6) is 5.75 Å². The van der Waals surface area contributed by atoms with Crippen LogP contribution in [0.1, 0.15) is 40.3 Å². The average molecular weight is 691 g/mol. The van der Waals surface area contributed by atoms with Crippen molar-refractivity contribution in [1.29, 1.82) is 0 Å². The molecule has 2 saturated heterocycles. The molecule has 0 amide bonds. The molecule has 0 spiro atoms. The Labute approximate surface area is 298 Å². The van der Waals surface area contributed by atoms with E-state index in [-0.39, 0.29) is 32.2 Å². The summed E-state index contributed by atoms with van der Waals surface area (Å²) >= 11 is 0. The minimum atomic E-state index is -1.55. The highest BCUT2D eigenvalue weighted by atomic mass is 19.1. The second-order valence-electron chi connectivity index (χ2n) is 13.0. The highest BCUT2D eigenvalue weighted by Crippen LogP contribution is 2.53. The Balaban J connectivity index is 1.28. The first kappa shape index (κ1) is 35.0. The molecular formula is C43H43FO7. The van der Waals surface area contributed by atoms with Gasteiger partial charge in [0, 0.05) is 12.0 Å². The molecule has 7 nitrogen and oxygen atoms in total. The molecule has 51 heavy (non-hydrogen) atoms. The van der Waals surface area contributed by atoms with Gasteiger partial charge in [-0.25, -0.2) is 4.39 Å². The molecule has 2 fully saturated rings. The van der Waals surface area contributed by atoms with Gasteiger partial charge < -0.3 is 33.5 Å². The summed E-state index contributed by atoms with van der Waals surface area (Å²) in [5.74, 6) is -1.14. The number of hydrogen-bond acceptors (Lipinski definition) is 7. The molecule has 1 N–H and O–H groups in total. The van der Waals surface area contributed by atoms with Crippen molar-refractivity contribution in [1.82, 2.24) is 0 Å². The van der Waals surface area contributed by atoms with Gasteiger partial charge in [0.2, 0.25) is 5.79 Å². The number of aliphatic hydroxyl groups is 1. The average Bonchev–Trinajstić information content (AvgIpc) is 3.54. The van der Waals surface area contributed by atoms with E-state index < -0.39 is 36.3 Å². The van der Waals surface area contributed by atoms with Gasteiger partial charge in [-0.15, -0.1) is 0 Å². The Kier molecular flexibility index (Phi) is 10.9. The Morgan fingerprint density at radius 2 is 1.25 bits per heavy atom. The molecule has 2 aliphatic rings. The molecule has 0 aromatic heterocycles. The van der Waals surface area contributed by atoms with Crippen LogP contribution in [-0.2, 0) is 55.7 Å². The number of rotatable bonds is 15. The molecule has 8 heteroatoms. The maximum absolute atomic E-state index is 15.6. The van der Waals surface area contributed by atoms with E-state index in [1.165, 1.54) is 6.07 Å². The summed E-state index contributed by atoms with van der Waals surface area (Å²) in [5, 5.41) is 11.1. The third-order valence-corrected chi connectivity index (χ3v) is 9.55. The summed E-state index contributed by atoms with van der Waals surface area (Å²) in [6.07, 6.45) is -2.10. The summed E-state index contributed by atoms with van der Waals surface area (Å²) in [5.41, 5.74) is 3.52. The molecule has 0 saturated carbocycles. The molecule has 5 aromatic rings. The topological polar surface area (TPSA) is 75.6 Å². The lowest BCUT2D eigenvalue weighted by molar-refractivity contribution is -0.353. The standard InChI is InChI=1S/C43H43FO7/c1-2-46-37-21-18-31(19-22-37)24-35-25-36(20-23-38(35)44)43-41(49-28-34-16-10-5-11-17-34)39(47-26-32-12-6-3-7-13-32)40(42(29-45,51-43)30-50-43)48-27-33-14-8-4-9-15-33/h3-23,25,39-41,45H,2,24,26-30H2,1H3/t39-,40-,41?,42?,43?/m0/s1. The van der Waals surface area contributed by atoms with E-state index in [1.807, 2.05) is 122 Å². The van der Waals surface area contributed by atoms with E-state index >= 15 is 4.39 Å². The summed E-state index contributed by atoms with van der Waals surface area (Å²) in [7, 11) is 0. The lowest BCUT2D eigenvalue weighted by atomic mass is 9.82. The zero-order valence-electron chi connectivity index (χ0n) is 28.7. The molecular weight excluding hydrogens is 647 g/mol. The molecule has 0 radical (unpaired) electrons. The first-order valence-electron chi connectivity index (χ1n) is 17.4. The first-order chi connectivity index (χ1) is 25.0. The van der Waals surface area contributed by atoms with Crippen molar-refractivity contribution in [3.05, 3.63) is 173 Å². The molecule has 264 valence electrons. The quantitative estimate of drug-likeness (QED) is 0.122. The minimum Gasteiger partial charge on any atom is -0.494 e. The Bertz CT molecular complexity index is 1840. The zero-order valence-corrected chi connectivity index (χ0v) is 28.7. The van der Waals surface area contributed by atoms with E-state index in [2.05, 4.69) is 0 Å². The van der Waals surface area contributed by atoms with E-state index in [4.69, 9.17) is 28.4 Å². The lowest BCUT2D eigenvalue weighted by Gasteiger charge is -2.50. The molecule has 0 aliphatic carbocycles. The van der Waals surface area contributed by atoms with E-state index in [9.17, 15) is 5.11 Å². The van der Waals surface area contributed by atoms with Gasteiger partial charge in [-0.1, -0.05) is 109 Å². The molecule has 7 rings (SSSR count). The summed E-state index contributed by atoms with van der Waals surface area (Å²) in [4.78, 5) is 0. The second kappa shape index (κ2) is 15.9. The van der Waals surface area contributed by atoms with Crippen LogP contribution >= 0.6 is 0 Å². The fraction of sp³-hybridized carbons (Fsp3) is 0.302. The van der Waals surface area contributed by atoms with Gasteiger partial charge in [0.05, 0.1) is 39.6 Å². The Morgan fingerprint density at radius 1 is 0.686 bits per heavy atom. The van der Waals surface area contributed by atoms with Crippen molar-refractivity contribution in [2.75, 3.05) is 19.8 Å². The highest BCUT2D eigenvalue weighted by molar-refractivity contribution is 5.37. The van der Waals surface area contributed by atoms with Gasteiger partial charge in [0.1, 0.15) is 35.5 Å². The number of ether oxygens (including phenoxy) is 6. The van der Waals surface area contributed by atoms with Crippen molar-refractivity contribution in [2.45, 2.75) is 62.9 Å². The molecule has 2 bridgehead atoms. The Morgan fingerprint density at radius 3 is 1.82 bits per heavy atom. The van der Waals surface area contributed by atoms with Gasteiger partial charge in [-0.3, -0.25) is 0 Å². The maximum atomic E-state index is 15.6. The number of fused-ring (bicyclic) bond motifs is 2. The van der Waals surface area contributed by atoms with Crippen molar-refractivity contribution >= 4 is 0 Å². The molecule has 5 atom stereocenters. The van der Waals surface area contributed by atoms with Crippen LogP contribution in [-0.4, -0.2) is 48.8 Å². The fourth-order valence-corrected chi connectivity index (χ4v) is 6.95. The molecule has 2 aliphatic heterocycles. The van der Waals surface area contributed by atoms with Crippen LogP contribution < -0.4 is 4.74 Å². The van der Waals surface area contributed by atoms with Gasteiger partial charge >= 0.3 is 0 Å². The fourth-order valence-electron chi connectivity index (χ4n) is 6.95. The summed E-state index contributed by atoms with van der Waals surface area (Å²) < 4.78 is 55.1. The highest BCUT2D eigenvalue weighted by Gasteiger charge is 2.69. The van der Waals surface area contributed by atoms with Crippen molar-refractivity contribution in [3.8, 4) is 5.75 Å². The zero-order chi connectivity index (χ0) is 35.1. The largest absolute Gasteiger partial charge is 0.494 e. The van der Waals surface area contributed by atoms with Gasteiger partial charge in [-0.05, 0) is 59.0 Å². The summed E-state index contributed by atoms with van der Waals surface area (Å²) in [6, 6.07) is 42.1. The predicted octanol–water partition coefficient (Wildman–Crippen LogP) is 7.52. The van der Waals surface area contributed by atoms with Crippen LogP contribution in [0, 0.1) is 5.82 Å². The van der Waals surface area contributed by atoms with Gasteiger partial charge in [0.15, 0.2) is 0 Å². The molecule has 5 aromatic carbocycles. The van der Waals surface area contributed by atoms with Crippen molar-refractivity contribution in [2.24, 2.45) is 0 Å². The predicted molar refractivity (Wildman–Crippen MR) is 190 cm³/mol. The maximum Gasteiger partial charge on any atom is 0.225 e. The van der Waals surface area contributed by atoms with Crippen LogP contribution in [0.3, 0.4) is 0 Å². The van der Waals surface area contributed by atoms with E-state index in [1.54, 1.807) is 12.1 Å². The van der Waals surface area contributed by atoms with Gasteiger partial charge in [-0.2, -0.15) is 0 Å². The Hall–Kier alpha value is -4.41. The second-order valence-corrected chi connectivity index (χ2v) is 13.0.